The normalized spacial score (nSPS) is 12.9. The van der Waals surface area contributed by atoms with E-state index in [2.05, 4.69) is 0 Å². The van der Waals surface area contributed by atoms with Crippen molar-refractivity contribution in [1.29, 1.82) is 0 Å². The smallest absolute Gasteiger partial charge is 0.123 e. The van der Waals surface area contributed by atoms with Gasteiger partial charge in [-0.15, -0.1) is 0 Å². The molecule has 0 aliphatic carbocycles. The maximum atomic E-state index is 12.9. The highest BCUT2D eigenvalue weighted by molar-refractivity contribution is 5.28. The molecule has 0 spiro atoms. The number of hydrogen-bond acceptors (Lipinski definition) is 2. The van der Waals surface area contributed by atoms with Crippen molar-refractivity contribution >= 4 is 0 Å². The lowest BCUT2D eigenvalue weighted by Crippen LogP contribution is -2.01. The summed E-state index contributed by atoms with van der Waals surface area (Å²) in [5.41, 5.74) is 1.48. The Labute approximate surface area is 83.0 Å². The third-order valence-corrected chi connectivity index (χ3v) is 2.24. The molecule has 0 aromatic heterocycles. The number of halogens is 1. The zero-order valence-corrected chi connectivity index (χ0v) is 8.20. The van der Waals surface area contributed by atoms with Crippen LogP contribution in [0.1, 0.15) is 30.1 Å². The highest BCUT2D eigenvalue weighted by atomic mass is 19.1. The van der Waals surface area contributed by atoms with Crippen LogP contribution in [-0.4, -0.2) is 16.8 Å². The molecule has 0 amide bonds. The summed E-state index contributed by atoms with van der Waals surface area (Å²) < 4.78 is 12.9. The Morgan fingerprint density at radius 2 is 2.14 bits per heavy atom. The SMILES string of the molecule is Cc1ccc(F)cc1C(O)CCCO. The summed E-state index contributed by atoms with van der Waals surface area (Å²) in [5.74, 6) is -0.339. The molecule has 0 saturated heterocycles. The molecule has 1 rings (SSSR count). The molecule has 3 heteroatoms. The Kier molecular flexibility index (Phi) is 4.04. The first-order valence-corrected chi connectivity index (χ1v) is 4.70. The summed E-state index contributed by atoms with van der Waals surface area (Å²) in [5, 5.41) is 18.3. The minimum atomic E-state index is -0.683. The van der Waals surface area contributed by atoms with E-state index in [0.717, 1.165) is 5.56 Å². The van der Waals surface area contributed by atoms with Crippen molar-refractivity contribution in [1.82, 2.24) is 0 Å². The van der Waals surface area contributed by atoms with Crippen molar-refractivity contribution < 1.29 is 14.6 Å². The maximum absolute atomic E-state index is 12.9. The van der Waals surface area contributed by atoms with Crippen LogP contribution in [0.15, 0.2) is 18.2 Å². The molecule has 0 radical (unpaired) electrons. The summed E-state index contributed by atoms with van der Waals surface area (Å²) in [7, 11) is 0. The first kappa shape index (κ1) is 11.1. The molecule has 78 valence electrons. The first-order valence-electron chi connectivity index (χ1n) is 4.70. The standard InChI is InChI=1S/C11H15FO2/c1-8-4-5-9(12)7-10(8)11(14)3-2-6-13/h4-5,7,11,13-14H,2-3,6H2,1H3. The largest absolute Gasteiger partial charge is 0.396 e. The second-order valence-corrected chi connectivity index (χ2v) is 3.38. The Hall–Kier alpha value is -0.930. The van der Waals surface area contributed by atoms with E-state index >= 15 is 0 Å². The third-order valence-electron chi connectivity index (χ3n) is 2.24. The molecule has 0 fully saturated rings. The van der Waals surface area contributed by atoms with E-state index in [-0.39, 0.29) is 12.4 Å². The van der Waals surface area contributed by atoms with Crippen molar-refractivity contribution in [2.75, 3.05) is 6.61 Å². The van der Waals surface area contributed by atoms with E-state index in [1.165, 1.54) is 12.1 Å². The molecule has 0 bridgehead atoms. The molecule has 14 heavy (non-hydrogen) atoms. The molecule has 2 N–H and O–H groups in total. The van der Waals surface area contributed by atoms with Gasteiger partial charge in [-0.2, -0.15) is 0 Å². The highest BCUT2D eigenvalue weighted by Gasteiger charge is 2.10. The van der Waals surface area contributed by atoms with Crippen LogP contribution in [-0.2, 0) is 0 Å². The molecule has 0 aliphatic heterocycles. The van der Waals surface area contributed by atoms with E-state index in [1.54, 1.807) is 6.07 Å². The Morgan fingerprint density at radius 3 is 2.79 bits per heavy atom. The van der Waals surface area contributed by atoms with Gasteiger partial charge in [-0.25, -0.2) is 4.39 Å². The number of benzene rings is 1. The van der Waals surface area contributed by atoms with Crippen molar-refractivity contribution in [3.05, 3.63) is 35.1 Å². The predicted octanol–water partition coefficient (Wildman–Crippen LogP) is 1.94. The number of aliphatic hydroxyl groups is 2. The number of hydrogen-bond donors (Lipinski definition) is 2. The minimum absolute atomic E-state index is 0.0470. The third kappa shape index (κ3) is 2.79. The van der Waals surface area contributed by atoms with Crippen molar-refractivity contribution in [2.24, 2.45) is 0 Å². The van der Waals surface area contributed by atoms with Gasteiger partial charge in [-0.3, -0.25) is 0 Å². The first-order chi connectivity index (χ1) is 6.65. The lowest BCUT2D eigenvalue weighted by Gasteiger charge is -2.12. The molecule has 0 saturated carbocycles. The van der Waals surface area contributed by atoms with E-state index in [9.17, 15) is 9.50 Å². The zero-order chi connectivity index (χ0) is 10.6. The van der Waals surface area contributed by atoms with Gasteiger partial charge in [0, 0.05) is 6.61 Å². The highest BCUT2D eigenvalue weighted by Crippen LogP contribution is 2.22. The fourth-order valence-corrected chi connectivity index (χ4v) is 1.41. The van der Waals surface area contributed by atoms with Gasteiger partial charge in [-0.05, 0) is 43.0 Å². The van der Waals surface area contributed by atoms with Crippen molar-refractivity contribution in [2.45, 2.75) is 25.9 Å². The molecule has 1 aromatic carbocycles. The van der Waals surface area contributed by atoms with E-state index in [1.807, 2.05) is 6.92 Å². The fraction of sp³-hybridized carbons (Fsp3) is 0.455. The van der Waals surface area contributed by atoms with Gasteiger partial charge in [0.05, 0.1) is 6.10 Å². The summed E-state index contributed by atoms with van der Waals surface area (Å²) in [6.45, 7) is 1.88. The summed E-state index contributed by atoms with van der Waals surface area (Å²) in [4.78, 5) is 0. The van der Waals surface area contributed by atoms with Gasteiger partial charge in [0.1, 0.15) is 5.82 Å². The fourth-order valence-electron chi connectivity index (χ4n) is 1.41. The van der Waals surface area contributed by atoms with Crippen LogP contribution in [0.25, 0.3) is 0 Å². The van der Waals surface area contributed by atoms with Gasteiger partial charge in [-0.1, -0.05) is 6.07 Å². The summed E-state index contributed by atoms with van der Waals surface area (Å²) in [6, 6.07) is 4.36. The van der Waals surface area contributed by atoms with Gasteiger partial charge in [0.25, 0.3) is 0 Å². The Bertz CT molecular complexity index is 299. The van der Waals surface area contributed by atoms with Crippen LogP contribution in [0.2, 0.25) is 0 Å². The van der Waals surface area contributed by atoms with Crippen LogP contribution in [0.4, 0.5) is 4.39 Å². The number of aliphatic hydroxyl groups excluding tert-OH is 2. The van der Waals surface area contributed by atoms with Crippen LogP contribution in [0, 0.1) is 12.7 Å². The summed E-state index contributed by atoms with van der Waals surface area (Å²) >= 11 is 0. The monoisotopic (exact) mass is 198 g/mol. The molecule has 0 aliphatic rings. The average Bonchev–Trinajstić information content (AvgIpc) is 2.18. The molecule has 1 unspecified atom stereocenters. The zero-order valence-electron chi connectivity index (χ0n) is 8.20. The second-order valence-electron chi connectivity index (χ2n) is 3.38. The number of aryl methyl sites for hydroxylation is 1. The molecule has 0 heterocycles. The van der Waals surface area contributed by atoms with E-state index in [0.29, 0.717) is 18.4 Å². The molecule has 2 nitrogen and oxygen atoms in total. The molecule has 1 aromatic rings. The van der Waals surface area contributed by atoms with Crippen LogP contribution in [0.3, 0.4) is 0 Å². The second kappa shape index (κ2) is 5.08. The minimum Gasteiger partial charge on any atom is -0.396 e. The quantitative estimate of drug-likeness (QED) is 0.776. The van der Waals surface area contributed by atoms with Crippen LogP contribution in [0.5, 0.6) is 0 Å². The van der Waals surface area contributed by atoms with Gasteiger partial charge >= 0.3 is 0 Å². The predicted molar refractivity (Wildman–Crippen MR) is 52.4 cm³/mol. The molecule has 1 atom stereocenters. The van der Waals surface area contributed by atoms with E-state index < -0.39 is 6.10 Å². The van der Waals surface area contributed by atoms with E-state index in [4.69, 9.17) is 5.11 Å². The van der Waals surface area contributed by atoms with Gasteiger partial charge in [0.2, 0.25) is 0 Å². The van der Waals surface area contributed by atoms with Crippen molar-refractivity contribution in [3.63, 3.8) is 0 Å². The summed E-state index contributed by atoms with van der Waals surface area (Å²) in [6.07, 6.45) is 0.301. The molecular formula is C11H15FO2. The average molecular weight is 198 g/mol. The van der Waals surface area contributed by atoms with Crippen LogP contribution < -0.4 is 0 Å². The number of rotatable bonds is 4. The maximum Gasteiger partial charge on any atom is 0.123 e. The topological polar surface area (TPSA) is 40.5 Å². The van der Waals surface area contributed by atoms with Crippen molar-refractivity contribution in [3.8, 4) is 0 Å². The van der Waals surface area contributed by atoms with Crippen LogP contribution >= 0.6 is 0 Å². The Balaban J connectivity index is 2.77. The lowest BCUT2D eigenvalue weighted by molar-refractivity contribution is 0.151. The van der Waals surface area contributed by atoms with Gasteiger partial charge < -0.3 is 10.2 Å². The lowest BCUT2D eigenvalue weighted by atomic mass is 10.00. The Morgan fingerprint density at radius 1 is 1.43 bits per heavy atom. The molecular weight excluding hydrogens is 183 g/mol. The van der Waals surface area contributed by atoms with Gasteiger partial charge in [0.15, 0.2) is 0 Å².